The molecular weight excluding hydrogens is 362 g/mol. The van der Waals surface area contributed by atoms with Gasteiger partial charge in [-0.15, -0.1) is 6.42 Å². The fourth-order valence-electron chi connectivity index (χ4n) is 2.45. The minimum atomic E-state index is -0.0618. The van der Waals surface area contributed by atoms with Crippen LogP contribution in [0.2, 0.25) is 0 Å². The number of terminal acetylenes is 1. The van der Waals surface area contributed by atoms with E-state index in [-0.39, 0.29) is 12.5 Å². The fourth-order valence-corrected chi connectivity index (χ4v) is 3.70. The van der Waals surface area contributed by atoms with Crippen molar-refractivity contribution in [3.05, 3.63) is 70.1 Å². The van der Waals surface area contributed by atoms with Crippen LogP contribution in [0.4, 0.5) is 0 Å². The summed E-state index contributed by atoms with van der Waals surface area (Å²) in [5.74, 6) is 3.07. The first-order valence-electron chi connectivity index (χ1n) is 8.04. The highest BCUT2D eigenvalue weighted by molar-refractivity contribution is 8.26. The molecule has 1 aliphatic rings. The summed E-state index contributed by atoms with van der Waals surface area (Å²) in [6.07, 6.45) is 7.02. The van der Waals surface area contributed by atoms with Crippen molar-refractivity contribution in [2.24, 2.45) is 0 Å². The first-order chi connectivity index (χ1) is 12.6. The summed E-state index contributed by atoms with van der Waals surface area (Å²) in [5, 5.41) is 0. The van der Waals surface area contributed by atoms with Crippen LogP contribution < -0.4 is 4.74 Å². The third-order valence-electron chi connectivity index (χ3n) is 3.83. The zero-order valence-electron chi connectivity index (χ0n) is 14.3. The second-order valence-electron chi connectivity index (χ2n) is 5.82. The van der Waals surface area contributed by atoms with Gasteiger partial charge in [0.15, 0.2) is 0 Å². The molecule has 5 heteroatoms. The number of carbonyl (C=O) groups excluding carboxylic acids is 1. The molecule has 3 rings (SSSR count). The van der Waals surface area contributed by atoms with E-state index in [1.807, 2.05) is 61.5 Å². The number of carbonyl (C=O) groups is 1. The van der Waals surface area contributed by atoms with Crippen molar-refractivity contribution >= 4 is 40.3 Å². The minimum absolute atomic E-state index is 0.0618. The Morgan fingerprint density at radius 2 is 1.88 bits per heavy atom. The Bertz CT molecular complexity index is 893. The number of hydrogen-bond donors (Lipinski definition) is 0. The molecule has 0 saturated carbocycles. The quantitative estimate of drug-likeness (QED) is 0.437. The smallest absolute Gasteiger partial charge is 0.266 e. The maximum atomic E-state index is 12.7. The zero-order chi connectivity index (χ0) is 18.5. The monoisotopic (exact) mass is 379 g/mol. The van der Waals surface area contributed by atoms with Gasteiger partial charge in [0.25, 0.3) is 5.91 Å². The third-order valence-corrected chi connectivity index (χ3v) is 5.21. The van der Waals surface area contributed by atoms with Crippen molar-refractivity contribution in [1.29, 1.82) is 0 Å². The van der Waals surface area contributed by atoms with E-state index in [0.29, 0.717) is 21.5 Å². The zero-order valence-corrected chi connectivity index (χ0v) is 15.9. The maximum Gasteiger partial charge on any atom is 0.266 e. The van der Waals surface area contributed by atoms with Gasteiger partial charge in [-0.1, -0.05) is 71.9 Å². The highest BCUT2D eigenvalue weighted by Gasteiger charge is 2.31. The Kier molecular flexibility index (Phi) is 5.77. The Balaban J connectivity index is 1.72. The highest BCUT2D eigenvalue weighted by Crippen LogP contribution is 2.33. The summed E-state index contributed by atoms with van der Waals surface area (Å²) in [6.45, 7) is 2.76. The lowest BCUT2D eigenvalue weighted by molar-refractivity contribution is -0.122. The lowest BCUT2D eigenvalue weighted by Gasteiger charge is -2.14. The number of thiocarbonyl (C=S) groups is 1. The number of benzene rings is 2. The number of amides is 1. The number of ether oxygens (including phenoxy) is 1. The molecule has 0 spiro atoms. The van der Waals surface area contributed by atoms with Crippen LogP contribution in [0.3, 0.4) is 0 Å². The van der Waals surface area contributed by atoms with Crippen LogP contribution in [-0.4, -0.2) is 21.7 Å². The van der Waals surface area contributed by atoms with Gasteiger partial charge in [0.05, 0.1) is 11.4 Å². The molecule has 2 aromatic carbocycles. The number of aryl methyl sites for hydroxylation is 1. The Hall–Kier alpha value is -2.55. The van der Waals surface area contributed by atoms with Gasteiger partial charge < -0.3 is 4.74 Å². The molecule has 0 aromatic heterocycles. The molecule has 26 heavy (non-hydrogen) atoms. The molecule has 0 N–H and O–H groups in total. The van der Waals surface area contributed by atoms with Crippen LogP contribution >= 0.6 is 24.0 Å². The van der Waals surface area contributed by atoms with E-state index in [1.165, 1.54) is 17.3 Å². The first-order valence-corrected chi connectivity index (χ1v) is 9.26. The van der Waals surface area contributed by atoms with E-state index in [2.05, 4.69) is 5.92 Å². The van der Waals surface area contributed by atoms with Gasteiger partial charge in [-0.2, -0.15) is 0 Å². The van der Waals surface area contributed by atoms with Crippen molar-refractivity contribution in [3.8, 4) is 18.1 Å². The van der Waals surface area contributed by atoms with Crippen LogP contribution in [0.15, 0.2) is 53.4 Å². The fraction of sp³-hybridized carbons (Fsp3) is 0.143. The van der Waals surface area contributed by atoms with Crippen LogP contribution in [0.1, 0.15) is 16.7 Å². The number of hydrogen-bond acceptors (Lipinski definition) is 4. The molecule has 3 nitrogen and oxygen atoms in total. The molecule has 0 atom stereocenters. The molecule has 130 valence electrons. The summed E-state index contributed by atoms with van der Waals surface area (Å²) in [6, 6.07) is 15.5. The average molecular weight is 380 g/mol. The molecule has 1 fully saturated rings. The summed E-state index contributed by atoms with van der Waals surface area (Å²) in [7, 11) is 0. The van der Waals surface area contributed by atoms with E-state index in [9.17, 15) is 4.79 Å². The van der Waals surface area contributed by atoms with Crippen molar-refractivity contribution in [3.63, 3.8) is 0 Å². The van der Waals surface area contributed by atoms with Gasteiger partial charge in [-0.05, 0) is 36.3 Å². The number of thioether (sulfide) groups is 1. The van der Waals surface area contributed by atoms with Crippen LogP contribution in [0, 0.1) is 19.3 Å². The third kappa shape index (κ3) is 4.34. The molecule has 0 unspecified atom stereocenters. The molecule has 1 aliphatic heterocycles. The number of nitrogens with zero attached hydrogens (tertiary/aromatic N) is 1. The van der Waals surface area contributed by atoms with Crippen molar-refractivity contribution in [2.75, 3.05) is 6.61 Å². The van der Waals surface area contributed by atoms with Gasteiger partial charge in [0, 0.05) is 0 Å². The largest absolute Gasteiger partial charge is 0.481 e. The lowest BCUT2D eigenvalue weighted by Crippen LogP contribution is -2.27. The maximum absolute atomic E-state index is 12.7. The molecule has 1 heterocycles. The molecule has 1 saturated heterocycles. The van der Waals surface area contributed by atoms with E-state index >= 15 is 0 Å². The molecular formula is C21H17NO2S2. The standard InChI is InChI=1S/C21H17NO2S2/c1-3-12-24-18-10-8-16(9-11-18)13-19-20(23)22(21(25)26-19)14-17-6-4-15(2)5-7-17/h1,4-11,13H,12,14H2,2H3/b19-13-. The summed E-state index contributed by atoms with van der Waals surface area (Å²) >= 11 is 6.72. The SMILES string of the molecule is C#CCOc1ccc(/C=C2\SC(=S)N(Cc3ccc(C)cc3)C2=O)cc1. The number of rotatable bonds is 5. The van der Waals surface area contributed by atoms with Crippen LogP contribution in [0.25, 0.3) is 6.08 Å². The van der Waals surface area contributed by atoms with E-state index in [1.54, 1.807) is 4.90 Å². The topological polar surface area (TPSA) is 29.5 Å². The molecule has 0 bridgehead atoms. The van der Waals surface area contributed by atoms with Crippen LogP contribution in [-0.2, 0) is 11.3 Å². The van der Waals surface area contributed by atoms with Gasteiger partial charge in [-0.25, -0.2) is 0 Å². The summed E-state index contributed by atoms with van der Waals surface area (Å²) in [5.41, 5.74) is 3.16. The van der Waals surface area contributed by atoms with E-state index in [4.69, 9.17) is 23.4 Å². The van der Waals surface area contributed by atoms with Crippen LogP contribution in [0.5, 0.6) is 5.75 Å². The predicted octanol–water partition coefficient (Wildman–Crippen LogP) is 4.41. The summed E-state index contributed by atoms with van der Waals surface area (Å²) < 4.78 is 5.93. The van der Waals surface area contributed by atoms with E-state index in [0.717, 1.165) is 11.1 Å². The summed E-state index contributed by atoms with van der Waals surface area (Å²) in [4.78, 5) is 15.0. The van der Waals surface area contributed by atoms with Gasteiger partial charge >= 0.3 is 0 Å². The second-order valence-corrected chi connectivity index (χ2v) is 7.49. The first kappa shape index (κ1) is 18.2. The van der Waals surface area contributed by atoms with Crippen molar-refractivity contribution in [1.82, 2.24) is 4.90 Å². The minimum Gasteiger partial charge on any atom is -0.481 e. The molecule has 1 amide bonds. The molecule has 0 aliphatic carbocycles. The Morgan fingerprint density at radius 3 is 2.54 bits per heavy atom. The van der Waals surface area contributed by atoms with Gasteiger partial charge in [-0.3, -0.25) is 9.69 Å². The Morgan fingerprint density at radius 1 is 1.19 bits per heavy atom. The second kappa shape index (κ2) is 8.22. The average Bonchev–Trinajstić information content (AvgIpc) is 2.90. The lowest BCUT2D eigenvalue weighted by atomic mass is 10.1. The Labute approximate surface area is 163 Å². The van der Waals surface area contributed by atoms with Gasteiger partial charge in [0.2, 0.25) is 0 Å². The predicted molar refractivity (Wildman–Crippen MR) is 111 cm³/mol. The van der Waals surface area contributed by atoms with Crippen molar-refractivity contribution < 1.29 is 9.53 Å². The highest BCUT2D eigenvalue weighted by atomic mass is 32.2. The van der Waals surface area contributed by atoms with E-state index < -0.39 is 0 Å². The molecule has 2 aromatic rings. The van der Waals surface area contributed by atoms with Gasteiger partial charge in [0.1, 0.15) is 16.7 Å². The van der Waals surface area contributed by atoms with Crippen molar-refractivity contribution in [2.45, 2.75) is 13.5 Å². The normalized spacial score (nSPS) is 15.4. The molecule has 0 radical (unpaired) electrons.